The van der Waals surface area contributed by atoms with E-state index in [-0.39, 0.29) is 4.90 Å². The maximum atomic E-state index is 12.2. The molecule has 1 aromatic rings. The lowest BCUT2D eigenvalue weighted by atomic mass is 9.81. The Hall–Kier alpha value is -1.60. The Kier molecular flexibility index (Phi) is 5.31. The zero-order valence-corrected chi connectivity index (χ0v) is 14.0. The predicted molar refractivity (Wildman–Crippen MR) is 85.1 cm³/mol. The van der Waals surface area contributed by atoms with Crippen LogP contribution in [-0.2, 0) is 19.4 Å². The van der Waals surface area contributed by atoms with E-state index < -0.39 is 33.0 Å². The molecule has 0 radical (unpaired) electrons. The van der Waals surface area contributed by atoms with E-state index in [9.17, 15) is 23.1 Å². The van der Waals surface area contributed by atoms with Crippen LogP contribution in [0.4, 0.5) is 0 Å². The van der Waals surface area contributed by atoms with E-state index in [2.05, 4.69) is 5.32 Å². The second kappa shape index (κ2) is 6.88. The van der Waals surface area contributed by atoms with Crippen LogP contribution in [0.5, 0.6) is 0 Å². The Morgan fingerprint density at radius 1 is 1.13 bits per heavy atom. The van der Waals surface area contributed by atoms with Crippen LogP contribution in [0, 0.1) is 0 Å². The van der Waals surface area contributed by atoms with Gasteiger partial charge in [0.15, 0.2) is 9.84 Å². The number of rotatable bonds is 5. The van der Waals surface area contributed by atoms with E-state index in [4.69, 9.17) is 11.6 Å². The molecule has 1 aliphatic rings. The minimum Gasteiger partial charge on any atom is -0.480 e. The highest BCUT2D eigenvalue weighted by Gasteiger charge is 2.41. The number of nitrogens with one attached hydrogen (secondary N) is 1. The molecule has 2 N–H and O–H groups in total. The molecule has 0 aromatic heterocycles. The first-order valence-corrected chi connectivity index (χ1v) is 9.31. The summed E-state index contributed by atoms with van der Waals surface area (Å²) < 4.78 is 24.4. The fourth-order valence-corrected chi connectivity index (χ4v) is 4.01. The summed E-state index contributed by atoms with van der Waals surface area (Å²) in [5.41, 5.74) is -1.36. The van der Waals surface area contributed by atoms with Gasteiger partial charge >= 0.3 is 5.97 Å². The second-order valence-electron chi connectivity index (χ2n) is 5.71. The standard InChI is InChI=1S/C15H18ClNO5S/c16-11-4-6-12(7-5-11)23(21,22)10-13(18)17-15(14(19)20)8-2-1-3-9-15/h4-7H,1-3,8-10H2,(H,17,18)(H,19,20). The Balaban J connectivity index is 2.11. The van der Waals surface area contributed by atoms with Crippen LogP contribution in [0.2, 0.25) is 5.02 Å². The molecule has 0 saturated heterocycles. The summed E-state index contributed by atoms with van der Waals surface area (Å²) in [7, 11) is -3.84. The SMILES string of the molecule is O=C(CS(=O)(=O)c1ccc(Cl)cc1)NC1(C(=O)O)CCCCC1. The molecule has 0 spiro atoms. The van der Waals surface area contributed by atoms with E-state index >= 15 is 0 Å². The van der Waals surface area contributed by atoms with Crippen molar-refractivity contribution in [2.24, 2.45) is 0 Å². The number of halogens is 1. The topological polar surface area (TPSA) is 101 Å². The molecule has 0 heterocycles. The molecule has 1 fully saturated rings. The molecule has 0 atom stereocenters. The monoisotopic (exact) mass is 359 g/mol. The molecule has 6 nitrogen and oxygen atoms in total. The largest absolute Gasteiger partial charge is 0.480 e. The van der Waals surface area contributed by atoms with Gasteiger partial charge in [-0.15, -0.1) is 0 Å². The molecule has 1 saturated carbocycles. The predicted octanol–water partition coefficient (Wildman–Crippen LogP) is 2.02. The van der Waals surface area contributed by atoms with E-state index in [1.165, 1.54) is 24.3 Å². The molecule has 1 aromatic carbocycles. The molecule has 0 unspecified atom stereocenters. The third-order valence-corrected chi connectivity index (χ3v) is 5.87. The summed E-state index contributed by atoms with van der Waals surface area (Å²) in [4.78, 5) is 23.6. The van der Waals surface area contributed by atoms with Crippen molar-refractivity contribution in [1.82, 2.24) is 5.32 Å². The fraction of sp³-hybridized carbons (Fsp3) is 0.467. The van der Waals surface area contributed by atoms with E-state index in [1.54, 1.807) is 0 Å². The Morgan fingerprint density at radius 2 is 1.70 bits per heavy atom. The van der Waals surface area contributed by atoms with Gasteiger partial charge in [0.1, 0.15) is 11.3 Å². The van der Waals surface area contributed by atoms with Gasteiger partial charge in [-0.3, -0.25) is 4.79 Å². The van der Waals surface area contributed by atoms with Gasteiger partial charge in [0.25, 0.3) is 0 Å². The van der Waals surface area contributed by atoms with Crippen LogP contribution < -0.4 is 5.32 Å². The van der Waals surface area contributed by atoms with Crippen LogP contribution >= 0.6 is 11.6 Å². The highest BCUT2D eigenvalue weighted by molar-refractivity contribution is 7.92. The van der Waals surface area contributed by atoms with Crippen molar-refractivity contribution in [3.8, 4) is 0 Å². The minimum atomic E-state index is -3.84. The lowest BCUT2D eigenvalue weighted by Gasteiger charge is -2.33. The maximum absolute atomic E-state index is 12.2. The fourth-order valence-electron chi connectivity index (χ4n) is 2.75. The van der Waals surface area contributed by atoms with Crippen LogP contribution in [0.25, 0.3) is 0 Å². The van der Waals surface area contributed by atoms with Gasteiger partial charge in [-0.25, -0.2) is 13.2 Å². The summed E-state index contributed by atoms with van der Waals surface area (Å²) in [5.74, 6) is -2.71. The summed E-state index contributed by atoms with van der Waals surface area (Å²) in [6, 6.07) is 5.48. The van der Waals surface area contributed by atoms with Gasteiger partial charge in [0.05, 0.1) is 4.90 Å². The van der Waals surface area contributed by atoms with Gasteiger partial charge < -0.3 is 10.4 Å². The lowest BCUT2D eigenvalue weighted by Crippen LogP contribution is -2.56. The van der Waals surface area contributed by atoms with E-state index in [0.29, 0.717) is 30.7 Å². The smallest absolute Gasteiger partial charge is 0.329 e. The molecule has 1 aliphatic carbocycles. The Labute approximate surface area is 139 Å². The highest BCUT2D eigenvalue weighted by atomic mass is 35.5. The second-order valence-corrected chi connectivity index (χ2v) is 8.14. The number of hydrogen-bond acceptors (Lipinski definition) is 4. The first-order valence-electron chi connectivity index (χ1n) is 7.28. The first-order chi connectivity index (χ1) is 10.8. The van der Waals surface area contributed by atoms with Gasteiger partial charge in [0.2, 0.25) is 5.91 Å². The number of sulfone groups is 1. The maximum Gasteiger partial charge on any atom is 0.329 e. The van der Waals surface area contributed by atoms with Crippen LogP contribution in [-0.4, -0.2) is 36.7 Å². The third-order valence-electron chi connectivity index (χ3n) is 3.99. The van der Waals surface area contributed by atoms with Crippen LogP contribution in [0.3, 0.4) is 0 Å². The molecule has 0 bridgehead atoms. The van der Waals surface area contributed by atoms with Crippen LogP contribution in [0.15, 0.2) is 29.2 Å². The number of carboxylic acids is 1. The molecular weight excluding hydrogens is 342 g/mol. The zero-order chi connectivity index (χ0) is 17.1. The Bertz CT molecular complexity index is 693. The first kappa shape index (κ1) is 17.7. The number of carbonyl (C=O) groups is 2. The number of carboxylic acid groups (broad SMARTS) is 1. The van der Waals surface area contributed by atoms with Gasteiger partial charge in [-0.2, -0.15) is 0 Å². The number of benzene rings is 1. The van der Waals surface area contributed by atoms with Crippen molar-refractivity contribution >= 4 is 33.3 Å². The molecule has 126 valence electrons. The summed E-state index contributed by atoms with van der Waals surface area (Å²) in [6.45, 7) is 0. The summed E-state index contributed by atoms with van der Waals surface area (Å²) in [5, 5.41) is 12.2. The number of carbonyl (C=O) groups excluding carboxylic acids is 1. The lowest BCUT2D eigenvalue weighted by molar-refractivity contribution is -0.148. The molecular formula is C15H18ClNO5S. The molecule has 0 aliphatic heterocycles. The van der Waals surface area contributed by atoms with E-state index in [0.717, 1.165) is 6.42 Å². The number of amides is 1. The number of hydrogen-bond donors (Lipinski definition) is 2. The molecule has 23 heavy (non-hydrogen) atoms. The van der Waals surface area contributed by atoms with Crippen molar-refractivity contribution in [2.45, 2.75) is 42.5 Å². The van der Waals surface area contributed by atoms with Gasteiger partial charge in [-0.1, -0.05) is 30.9 Å². The summed E-state index contributed by atoms with van der Waals surface area (Å²) >= 11 is 5.71. The average molecular weight is 360 g/mol. The summed E-state index contributed by atoms with van der Waals surface area (Å²) in [6.07, 6.45) is 2.92. The van der Waals surface area contributed by atoms with Crippen molar-refractivity contribution in [3.05, 3.63) is 29.3 Å². The van der Waals surface area contributed by atoms with E-state index in [1.807, 2.05) is 0 Å². The van der Waals surface area contributed by atoms with Gasteiger partial charge in [-0.05, 0) is 37.1 Å². The van der Waals surface area contributed by atoms with Crippen molar-refractivity contribution in [1.29, 1.82) is 0 Å². The quantitative estimate of drug-likeness (QED) is 0.837. The normalized spacial score (nSPS) is 17.4. The zero-order valence-electron chi connectivity index (χ0n) is 12.4. The van der Waals surface area contributed by atoms with Crippen molar-refractivity contribution in [2.75, 3.05) is 5.75 Å². The van der Waals surface area contributed by atoms with Crippen molar-refractivity contribution < 1.29 is 23.1 Å². The van der Waals surface area contributed by atoms with Crippen LogP contribution in [0.1, 0.15) is 32.1 Å². The molecule has 8 heteroatoms. The number of aliphatic carboxylic acids is 1. The third kappa shape index (κ3) is 4.23. The minimum absolute atomic E-state index is 0.0231. The van der Waals surface area contributed by atoms with Gasteiger partial charge in [0, 0.05) is 5.02 Å². The van der Waals surface area contributed by atoms with Crippen molar-refractivity contribution in [3.63, 3.8) is 0 Å². The average Bonchev–Trinajstić information content (AvgIpc) is 2.47. The molecule has 2 rings (SSSR count). The Morgan fingerprint density at radius 3 is 2.22 bits per heavy atom. The highest BCUT2D eigenvalue weighted by Crippen LogP contribution is 2.28. The molecule has 1 amide bonds.